The summed E-state index contributed by atoms with van der Waals surface area (Å²) in [4.78, 5) is 38.7. The summed E-state index contributed by atoms with van der Waals surface area (Å²) < 4.78 is 46.2. The van der Waals surface area contributed by atoms with Gasteiger partial charge in [0.15, 0.2) is 5.82 Å². The van der Waals surface area contributed by atoms with Gasteiger partial charge in [0.05, 0.1) is 35.1 Å². The van der Waals surface area contributed by atoms with E-state index in [-0.39, 0.29) is 29.4 Å². The van der Waals surface area contributed by atoms with Crippen LogP contribution >= 0.6 is 0 Å². The fourth-order valence-electron chi connectivity index (χ4n) is 4.61. The van der Waals surface area contributed by atoms with Crippen LogP contribution < -0.4 is 15.1 Å². The van der Waals surface area contributed by atoms with Crippen LogP contribution in [-0.2, 0) is 10.9 Å². The number of likely N-dealkylation sites (N-methyl/N-ethyl adjacent to an activating group) is 1. The molecule has 0 aliphatic carbocycles. The predicted molar refractivity (Wildman–Crippen MR) is 149 cm³/mol. The minimum atomic E-state index is -4.53. The first-order valence-electron chi connectivity index (χ1n) is 12.8. The Kier molecular flexibility index (Phi) is 7.60. The van der Waals surface area contributed by atoms with Gasteiger partial charge in [-0.05, 0) is 55.5 Å². The molecule has 11 heteroatoms. The van der Waals surface area contributed by atoms with Gasteiger partial charge in [-0.15, -0.1) is 0 Å². The largest absolute Gasteiger partial charge is 0.455 e. The number of rotatable bonds is 4. The van der Waals surface area contributed by atoms with Gasteiger partial charge in [0.25, 0.3) is 0 Å². The lowest BCUT2D eigenvalue weighted by Crippen LogP contribution is -2.50. The third kappa shape index (κ3) is 5.98. The second kappa shape index (κ2) is 11.3. The number of urea groups is 1. The van der Waals surface area contributed by atoms with Crippen LogP contribution in [0, 0.1) is 0 Å². The number of carbonyl (C=O) groups excluding carboxylic acids is 2. The lowest BCUT2D eigenvalue weighted by Gasteiger charge is -2.31. The van der Waals surface area contributed by atoms with Crippen molar-refractivity contribution in [2.45, 2.75) is 25.2 Å². The summed E-state index contributed by atoms with van der Waals surface area (Å²) in [6, 6.07) is 20.3. The van der Waals surface area contributed by atoms with Gasteiger partial charge in [-0.2, -0.15) is 13.2 Å². The number of fused-ring (bicyclic) bond motifs is 1. The highest BCUT2D eigenvalue weighted by Gasteiger charge is 2.39. The monoisotopic (exact) mass is 561 g/mol. The maximum atomic E-state index is 13.8. The van der Waals surface area contributed by atoms with Crippen LogP contribution in [0.2, 0.25) is 0 Å². The highest BCUT2D eigenvalue weighted by atomic mass is 19.4. The molecule has 0 saturated carbocycles. The molecule has 3 heterocycles. The number of aromatic nitrogens is 2. The van der Waals surface area contributed by atoms with Gasteiger partial charge in [0.2, 0.25) is 0 Å². The van der Waals surface area contributed by atoms with E-state index in [0.29, 0.717) is 11.3 Å². The van der Waals surface area contributed by atoms with E-state index in [4.69, 9.17) is 4.74 Å². The molecule has 0 spiro atoms. The third-order valence-electron chi connectivity index (χ3n) is 6.77. The molecular formula is C30H26F3N5O3. The average Bonchev–Trinajstić information content (AvgIpc) is 3.07. The highest BCUT2D eigenvalue weighted by molar-refractivity contribution is 6.03. The first-order valence-corrected chi connectivity index (χ1v) is 12.8. The van der Waals surface area contributed by atoms with Crippen molar-refractivity contribution in [2.75, 3.05) is 28.7 Å². The van der Waals surface area contributed by atoms with Crippen molar-refractivity contribution < 1.29 is 27.5 Å². The minimum Gasteiger partial charge on any atom is -0.455 e. The number of hydrogen-bond donors (Lipinski definition) is 1. The van der Waals surface area contributed by atoms with Crippen LogP contribution in [0.5, 0.6) is 0 Å². The number of halogens is 3. The van der Waals surface area contributed by atoms with Crippen LogP contribution in [0.25, 0.3) is 11.3 Å². The van der Waals surface area contributed by atoms with E-state index in [1.54, 1.807) is 79.5 Å². The number of nitrogens with one attached hydrogen (secondary N) is 1. The molecule has 0 fully saturated rings. The van der Waals surface area contributed by atoms with Gasteiger partial charge in [0, 0.05) is 18.8 Å². The first-order chi connectivity index (χ1) is 19.6. The molecule has 1 aliphatic rings. The first kappa shape index (κ1) is 27.6. The number of ether oxygens (including phenoxy) is 1. The summed E-state index contributed by atoms with van der Waals surface area (Å²) in [5.41, 5.74) is 0.556. The number of esters is 1. The Hall–Kier alpha value is -4.93. The van der Waals surface area contributed by atoms with Crippen LogP contribution in [0.3, 0.4) is 0 Å². The van der Waals surface area contributed by atoms with Crippen molar-refractivity contribution in [1.29, 1.82) is 0 Å². The SMILES string of the molecule is C[C@@H]1[C@H](OC(=O)c2ccccc2)CN(C)c2ccc(-c3cccc(C(F)(F)F)c3)nc2N1C(=O)Nc1ccccn1. The van der Waals surface area contributed by atoms with Gasteiger partial charge < -0.3 is 9.64 Å². The van der Waals surface area contributed by atoms with Crippen LogP contribution in [0.4, 0.5) is 35.3 Å². The number of carbonyl (C=O) groups is 2. The molecule has 2 atom stereocenters. The Bertz CT molecular complexity index is 1550. The Morgan fingerprint density at radius 3 is 2.44 bits per heavy atom. The topological polar surface area (TPSA) is 87.7 Å². The number of pyridine rings is 2. The Morgan fingerprint density at radius 1 is 0.976 bits per heavy atom. The summed E-state index contributed by atoms with van der Waals surface area (Å²) in [6.45, 7) is 1.95. The normalized spacial score (nSPS) is 16.9. The van der Waals surface area contributed by atoms with Gasteiger partial charge in [-0.1, -0.05) is 36.4 Å². The fourth-order valence-corrected chi connectivity index (χ4v) is 4.61. The second-order valence-electron chi connectivity index (χ2n) is 9.56. The van der Waals surface area contributed by atoms with E-state index < -0.39 is 35.9 Å². The molecule has 5 rings (SSSR count). The zero-order chi connectivity index (χ0) is 29.1. The second-order valence-corrected chi connectivity index (χ2v) is 9.56. The molecule has 2 aromatic carbocycles. The zero-order valence-electron chi connectivity index (χ0n) is 22.2. The van der Waals surface area contributed by atoms with Crippen molar-refractivity contribution in [3.05, 3.63) is 102 Å². The van der Waals surface area contributed by atoms with Gasteiger partial charge in [-0.25, -0.2) is 19.6 Å². The maximum Gasteiger partial charge on any atom is 0.416 e. The molecule has 4 aromatic rings. The lowest BCUT2D eigenvalue weighted by molar-refractivity contribution is -0.137. The molecule has 2 aromatic heterocycles. The Labute approximate surface area is 234 Å². The molecule has 2 amide bonds. The molecule has 0 bridgehead atoms. The third-order valence-corrected chi connectivity index (χ3v) is 6.77. The number of anilines is 3. The highest BCUT2D eigenvalue weighted by Crippen LogP contribution is 2.37. The molecule has 41 heavy (non-hydrogen) atoms. The summed E-state index contributed by atoms with van der Waals surface area (Å²) in [6.07, 6.45) is -3.79. The summed E-state index contributed by atoms with van der Waals surface area (Å²) in [5.74, 6) is -0.0678. The van der Waals surface area contributed by atoms with E-state index in [9.17, 15) is 22.8 Å². The van der Waals surface area contributed by atoms with Gasteiger partial charge >= 0.3 is 18.2 Å². The standard InChI is InChI=1S/C30H26F3N5O3/c1-19-25(41-28(39)20-9-4-3-5-10-20)18-37(2)24-15-14-23(21-11-8-12-22(17-21)30(31,32)33)35-27(24)38(19)29(40)36-26-13-6-7-16-34-26/h3-17,19,25H,18H2,1-2H3,(H,34,36,40)/t19-,25-/m1/s1. The van der Waals surface area contributed by atoms with Crippen molar-refractivity contribution in [3.8, 4) is 11.3 Å². The quantitative estimate of drug-likeness (QED) is 0.296. The minimum absolute atomic E-state index is 0.196. The number of nitrogens with zero attached hydrogens (tertiary/aromatic N) is 4. The molecule has 1 N–H and O–H groups in total. The molecule has 8 nitrogen and oxygen atoms in total. The van der Waals surface area contributed by atoms with Crippen molar-refractivity contribution >= 4 is 29.3 Å². The average molecular weight is 562 g/mol. The van der Waals surface area contributed by atoms with E-state index in [2.05, 4.69) is 15.3 Å². The van der Waals surface area contributed by atoms with Crippen molar-refractivity contribution in [1.82, 2.24) is 9.97 Å². The van der Waals surface area contributed by atoms with E-state index in [1.165, 1.54) is 23.2 Å². The van der Waals surface area contributed by atoms with Crippen molar-refractivity contribution in [2.24, 2.45) is 0 Å². The fraction of sp³-hybridized carbons (Fsp3) is 0.200. The summed E-state index contributed by atoms with van der Waals surface area (Å²) >= 11 is 0. The number of amides is 2. The molecule has 1 aliphatic heterocycles. The molecule has 0 saturated heterocycles. The maximum absolute atomic E-state index is 13.8. The van der Waals surface area contributed by atoms with Crippen LogP contribution in [0.1, 0.15) is 22.8 Å². The smallest absolute Gasteiger partial charge is 0.416 e. The predicted octanol–water partition coefficient (Wildman–Crippen LogP) is 6.26. The van der Waals surface area contributed by atoms with Gasteiger partial charge in [-0.3, -0.25) is 10.2 Å². The van der Waals surface area contributed by atoms with E-state index >= 15 is 0 Å². The van der Waals surface area contributed by atoms with Gasteiger partial charge in [0.1, 0.15) is 11.9 Å². The summed E-state index contributed by atoms with van der Waals surface area (Å²) in [5, 5.41) is 2.75. The Morgan fingerprint density at radius 2 is 1.73 bits per heavy atom. The van der Waals surface area contributed by atoms with E-state index in [1.807, 2.05) is 0 Å². The number of alkyl halides is 3. The lowest BCUT2D eigenvalue weighted by atomic mass is 10.1. The zero-order valence-corrected chi connectivity index (χ0v) is 22.2. The number of hydrogen-bond acceptors (Lipinski definition) is 6. The molecule has 210 valence electrons. The van der Waals surface area contributed by atoms with Crippen LogP contribution in [-0.4, -0.2) is 47.7 Å². The molecule has 0 unspecified atom stereocenters. The number of benzene rings is 2. The van der Waals surface area contributed by atoms with Crippen molar-refractivity contribution in [3.63, 3.8) is 0 Å². The van der Waals surface area contributed by atoms with E-state index in [0.717, 1.165) is 12.1 Å². The van der Waals surface area contributed by atoms with Crippen LogP contribution in [0.15, 0.2) is 91.1 Å². The molecular weight excluding hydrogens is 535 g/mol. The Balaban J connectivity index is 1.56. The molecule has 0 radical (unpaired) electrons. The summed E-state index contributed by atoms with van der Waals surface area (Å²) in [7, 11) is 1.76.